The number of hydrogen-bond donors (Lipinski definition) is 0. The monoisotopic (exact) mass is 461 g/mol. The lowest BCUT2D eigenvalue weighted by molar-refractivity contribution is -0.113. The first kappa shape index (κ1) is 22.1. The number of amides is 1. The predicted molar refractivity (Wildman–Crippen MR) is 135 cm³/mol. The summed E-state index contributed by atoms with van der Waals surface area (Å²) in [5, 5.41) is 0. The normalized spacial score (nSPS) is 14.8. The highest BCUT2D eigenvalue weighted by Gasteiger charge is 2.34. The summed E-state index contributed by atoms with van der Waals surface area (Å²) in [5.41, 5.74) is 4.91. The Morgan fingerprint density at radius 1 is 1.00 bits per heavy atom. The number of nitrogens with zero attached hydrogens (tertiary/aromatic N) is 1. The van der Waals surface area contributed by atoms with Gasteiger partial charge in [-0.3, -0.25) is 9.69 Å². The SMILES string of the molecule is COc1cc(/C=C2\SC(=S)N(c3ccc(C)cc3C)C2=O)ccc1OCc1ccccc1. The van der Waals surface area contributed by atoms with Crippen molar-refractivity contribution in [1.82, 2.24) is 0 Å². The molecule has 0 aromatic heterocycles. The van der Waals surface area contributed by atoms with E-state index < -0.39 is 0 Å². The number of thioether (sulfide) groups is 1. The second kappa shape index (κ2) is 9.59. The first-order valence-electron chi connectivity index (χ1n) is 10.2. The van der Waals surface area contributed by atoms with E-state index in [1.807, 2.05) is 80.6 Å². The maximum absolute atomic E-state index is 13.1. The Bertz CT molecular complexity index is 1200. The van der Waals surface area contributed by atoms with Crippen molar-refractivity contribution in [3.63, 3.8) is 0 Å². The summed E-state index contributed by atoms with van der Waals surface area (Å²) in [4.78, 5) is 15.3. The molecule has 0 N–H and O–H groups in total. The average Bonchev–Trinajstić information content (AvgIpc) is 3.06. The van der Waals surface area contributed by atoms with Crippen molar-refractivity contribution in [2.75, 3.05) is 12.0 Å². The van der Waals surface area contributed by atoms with Crippen molar-refractivity contribution in [3.05, 3.63) is 93.9 Å². The van der Waals surface area contributed by atoms with Gasteiger partial charge in [0, 0.05) is 0 Å². The third kappa shape index (κ3) is 4.71. The van der Waals surface area contributed by atoms with Crippen LogP contribution in [0.3, 0.4) is 0 Å². The van der Waals surface area contributed by atoms with Gasteiger partial charge in [-0.05, 0) is 54.8 Å². The van der Waals surface area contributed by atoms with E-state index in [0.717, 1.165) is 27.9 Å². The van der Waals surface area contributed by atoms with Crippen molar-refractivity contribution >= 4 is 46.0 Å². The molecule has 1 aliphatic rings. The standard InChI is InChI=1S/C26H23NO3S2/c1-17-9-11-21(18(2)13-17)27-25(28)24(32-26(27)31)15-20-10-12-22(23(14-20)29-3)30-16-19-7-5-4-6-8-19/h4-15H,16H2,1-3H3/b24-15-. The Labute approximate surface area is 197 Å². The molecule has 0 radical (unpaired) electrons. The molecule has 0 aliphatic carbocycles. The zero-order valence-corrected chi connectivity index (χ0v) is 19.8. The lowest BCUT2D eigenvalue weighted by atomic mass is 10.1. The lowest BCUT2D eigenvalue weighted by Gasteiger charge is -2.17. The Kier molecular flexibility index (Phi) is 6.63. The molecule has 0 saturated carbocycles. The number of methoxy groups -OCH3 is 1. The van der Waals surface area contributed by atoms with Crippen molar-refractivity contribution in [1.29, 1.82) is 0 Å². The van der Waals surface area contributed by atoms with Crippen LogP contribution in [0.25, 0.3) is 6.08 Å². The Balaban J connectivity index is 1.55. The van der Waals surface area contributed by atoms with E-state index in [1.54, 1.807) is 12.0 Å². The summed E-state index contributed by atoms with van der Waals surface area (Å²) >= 11 is 6.82. The fraction of sp³-hybridized carbons (Fsp3) is 0.154. The molecule has 0 unspecified atom stereocenters. The van der Waals surface area contributed by atoms with Gasteiger partial charge in [0.1, 0.15) is 6.61 Å². The molecular formula is C26H23NO3S2. The number of benzene rings is 3. The van der Waals surface area contributed by atoms with Gasteiger partial charge in [-0.25, -0.2) is 0 Å². The molecule has 3 aromatic carbocycles. The summed E-state index contributed by atoms with van der Waals surface area (Å²) in [6, 6.07) is 21.6. The van der Waals surface area contributed by atoms with Crippen LogP contribution in [0.15, 0.2) is 71.6 Å². The molecule has 0 bridgehead atoms. The number of carbonyl (C=O) groups excluding carboxylic acids is 1. The maximum atomic E-state index is 13.1. The van der Waals surface area contributed by atoms with E-state index in [9.17, 15) is 4.79 Å². The minimum atomic E-state index is -0.115. The average molecular weight is 462 g/mol. The zero-order chi connectivity index (χ0) is 22.7. The third-order valence-corrected chi connectivity index (χ3v) is 6.41. The van der Waals surface area contributed by atoms with Gasteiger partial charge in [-0.1, -0.05) is 78.1 Å². The highest BCUT2D eigenvalue weighted by molar-refractivity contribution is 8.27. The minimum Gasteiger partial charge on any atom is -0.493 e. The number of rotatable bonds is 6. The Morgan fingerprint density at radius 2 is 1.78 bits per heavy atom. The van der Waals surface area contributed by atoms with Gasteiger partial charge in [0.15, 0.2) is 15.8 Å². The summed E-state index contributed by atoms with van der Waals surface area (Å²) in [6.45, 7) is 4.47. The van der Waals surface area contributed by atoms with Crippen LogP contribution in [-0.2, 0) is 11.4 Å². The van der Waals surface area contributed by atoms with Crippen LogP contribution >= 0.6 is 24.0 Å². The second-order valence-electron chi connectivity index (χ2n) is 7.49. The molecule has 32 heavy (non-hydrogen) atoms. The predicted octanol–water partition coefficient (Wildman–Crippen LogP) is 6.30. The number of carbonyl (C=O) groups is 1. The molecule has 1 fully saturated rings. The molecule has 1 heterocycles. The molecule has 162 valence electrons. The fourth-order valence-electron chi connectivity index (χ4n) is 3.51. The van der Waals surface area contributed by atoms with E-state index in [0.29, 0.717) is 27.3 Å². The minimum absolute atomic E-state index is 0.115. The van der Waals surface area contributed by atoms with Crippen molar-refractivity contribution in [2.45, 2.75) is 20.5 Å². The number of anilines is 1. The third-order valence-electron chi connectivity index (χ3n) is 5.11. The largest absolute Gasteiger partial charge is 0.493 e. The lowest BCUT2D eigenvalue weighted by Crippen LogP contribution is -2.28. The van der Waals surface area contributed by atoms with Crippen LogP contribution in [0.2, 0.25) is 0 Å². The van der Waals surface area contributed by atoms with E-state index >= 15 is 0 Å². The van der Waals surface area contributed by atoms with Gasteiger partial charge in [-0.15, -0.1) is 0 Å². The Morgan fingerprint density at radius 3 is 2.50 bits per heavy atom. The Hall–Kier alpha value is -3.09. The molecule has 0 spiro atoms. The smallest absolute Gasteiger partial charge is 0.270 e. The van der Waals surface area contributed by atoms with Crippen molar-refractivity contribution < 1.29 is 14.3 Å². The van der Waals surface area contributed by atoms with E-state index in [2.05, 4.69) is 6.07 Å². The van der Waals surface area contributed by atoms with Gasteiger partial charge < -0.3 is 9.47 Å². The van der Waals surface area contributed by atoms with Gasteiger partial charge in [0.25, 0.3) is 5.91 Å². The van der Waals surface area contributed by atoms with Gasteiger partial charge in [0.2, 0.25) is 0 Å². The summed E-state index contributed by atoms with van der Waals surface area (Å²) in [7, 11) is 1.61. The highest BCUT2D eigenvalue weighted by Crippen LogP contribution is 2.38. The topological polar surface area (TPSA) is 38.8 Å². The van der Waals surface area contributed by atoms with E-state index in [1.165, 1.54) is 11.8 Å². The molecule has 1 saturated heterocycles. The van der Waals surface area contributed by atoms with Crippen LogP contribution < -0.4 is 14.4 Å². The van der Waals surface area contributed by atoms with Gasteiger partial charge >= 0.3 is 0 Å². The fourth-order valence-corrected chi connectivity index (χ4v) is 4.80. The molecule has 3 aromatic rings. The number of ether oxygens (including phenoxy) is 2. The first-order chi connectivity index (χ1) is 15.5. The number of thiocarbonyl (C=S) groups is 1. The van der Waals surface area contributed by atoms with Crippen LogP contribution in [0.1, 0.15) is 22.3 Å². The maximum Gasteiger partial charge on any atom is 0.270 e. The van der Waals surface area contributed by atoms with Crippen LogP contribution in [-0.4, -0.2) is 17.3 Å². The molecule has 0 atom stereocenters. The van der Waals surface area contributed by atoms with Crippen LogP contribution in [0.5, 0.6) is 11.5 Å². The summed E-state index contributed by atoms with van der Waals surface area (Å²) in [5.74, 6) is 1.14. The molecule has 6 heteroatoms. The molecular weight excluding hydrogens is 438 g/mol. The second-order valence-corrected chi connectivity index (χ2v) is 9.17. The molecule has 4 rings (SSSR count). The summed E-state index contributed by atoms with van der Waals surface area (Å²) < 4.78 is 12.0. The van der Waals surface area contributed by atoms with Gasteiger partial charge in [0.05, 0.1) is 17.7 Å². The quantitative estimate of drug-likeness (QED) is 0.318. The highest BCUT2D eigenvalue weighted by atomic mass is 32.2. The van der Waals surface area contributed by atoms with Crippen molar-refractivity contribution in [3.8, 4) is 11.5 Å². The first-order valence-corrected chi connectivity index (χ1v) is 11.4. The van der Waals surface area contributed by atoms with Crippen LogP contribution in [0.4, 0.5) is 5.69 Å². The number of aryl methyl sites for hydroxylation is 2. The van der Waals surface area contributed by atoms with E-state index in [4.69, 9.17) is 21.7 Å². The van der Waals surface area contributed by atoms with Crippen LogP contribution in [0, 0.1) is 13.8 Å². The molecule has 1 aliphatic heterocycles. The van der Waals surface area contributed by atoms with E-state index in [-0.39, 0.29) is 5.91 Å². The van der Waals surface area contributed by atoms with Gasteiger partial charge in [-0.2, -0.15) is 0 Å². The number of hydrogen-bond acceptors (Lipinski definition) is 5. The van der Waals surface area contributed by atoms with Crippen molar-refractivity contribution in [2.24, 2.45) is 0 Å². The summed E-state index contributed by atoms with van der Waals surface area (Å²) in [6.07, 6.45) is 1.84. The zero-order valence-electron chi connectivity index (χ0n) is 18.1. The molecule has 1 amide bonds. The molecule has 4 nitrogen and oxygen atoms in total.